The van der Waals surface area contributed by atoms with Gasteiger partial charge in [-0.1, -0.05) is 13.8 Å². The summed E-state index contributed by atoms with van der Waals surface area (Å²) in [4.78, 5) is 24.9. The van der Waals surface area contributed by atoms with Crippen LogP contribution in [0, 0.1) is 17.8 Å². The number of carbonyl (C=O) groups is 2. The van der Waals surface area contributed by atoms with Gasteiger partial charge in [0.15, 0.2) is 0 Å². The highest BCUT2D eigenvalue weighted by Gasteiger charge is 2.28. The third kappa shape index (κ3) is 5.49. The normalized spacial score (nSPS) is 22.4. The van der Waals surface area contributed by atoms with Crippen molar-refractivity contribution in [1.29, 1.82) is 0 Å². The van der Waals surface area contributed by atoms with E-state index < -0.39 is 5.97 Å². The van der Waals surface area contributed by atoms with Crippen LogP contribution in [-0.2, 0) is 14.3 Å². The van der Waals surface area contributed by atoms with Gasteiger partial charge in [-0.25, -0.2) is 0 Å². The molecule has 0 radical (unpaired) electrons. The maximum Gasteiger partial charge on any atom is 0.303 e. The molecular formula is C15H27NO4. The van der Waals surface area contributed by atoms with Gasteiger partial charge in [-0.2, -0.15) is 0 Å². The molecule has 0 spiro atoms. The van der Waals surface area contributed by atoms with Gasteiger partial charge in [0.05, 0.1) is 0 Å². The zero-order valence-electron chi connectivity index (χ0n) is 12.8. The summed E-state index contributed by atoms with van der Waals surface area (Å²) in [7, 11) is 1.64. The van der Waals surface area contributed by atoms with Gasteiger partial charge in [0.2, 0.25) is 5.91 Å². The van der Waals surface area contributed by atoms with Crippen LogP contribution >= 0.6 is 0 Å². The van der Waals surface area contributed by atoms with E-state index in [1.54, 1.807) is 7.11 Å². The molecule has 20 heavy (non-hydrogen) atoms. The molecule has 0 aromatic rings. The second-order valence-corrected chi connectivity index (χ2v) is 6.08. The van der Waals surface area contributed by atoms with Gasteiger partial charge < -0.3 is 14.7 Å². The van der Waals surface area contributed by atoms with E-state index in [4.69, 9.17) is 9.84 Å². The molecule has 0 aromatic heterocycles. The number of amides is 1. The fourth-order valence-electron chi connectivity index (χ4n) is 2.91. The minimum absolute atomic E-state index is 0.125. The van der Waals surface area contributed by atoms with Crippen molar-refractivity contribution >= 4 is 11.9 Å². The van der Waals surface area contributed by atoms with Crippen molar-refractivity contribution in [3.63, 3.8) is 0 Å². The lowest BCUT2D eigenvalue weighted by molar-refractivity contribution is -0.138. The Bertz CT molecular complexity index is 332. The summed E-state index contributed by atoms with van der Waals surface area (Å²) in [6.45, 7) is 6.08. The van der Waals surface area contributed by atoms with Crippen molar-refractivity contribution in [3.8, 4) is 0 Å². The van der Waals surface area contributed by atoms with Crippen LogP contribution in [0.25, 0.3) is 0 Å². The summed E-state index contributed by atoms with van der Waals surface area (Å²) in [5.74, 6) is 0.0711. The van der Waals surface area contributed by atoms with E-state index in [1.165, 1.54) is 0 Å². The first-order valence-electron chi connectivity index (χ1n) is 7.42. The number of piperidine rings is 1. The Hall–Kier alpha value is -1.10. The number of methoxy groups -OCH3 is 1. The molecule has 0 aliphatic carbocycles. The fourth-order valence-corrected chi connectivity index (χ4v) is 2.91. The molecule has 1 aliphatic heterocycles. The first kappa shape index (κ1) is 17.0. The molecular weight excluding hydrogens is 258 g/mol. The molecule has 1 saturated heterocycles. The van der Waals surface area contributed by atoms with Crippen LogP contribution in [0.1, 0.15) is 39.5 Å². The second kappa shape index (κ2) is 8.25. The number of rotatable bonds is 7. The third-order valence-electron chi connectivity index (χ3n) is 4.09. The number of carboxylic acid groups (broad SMARTS) is 1. The van der Waals surface area contributed by atoms with Crippen LogP contribution in [0.5, 0.6) is 0 Å². The number of hydrogen-bond acceptors (Lipinski definition) is 3. The quantitative estimate of drug-likeness (QED) is 0.777. The average molecular weight is 285 g/mol. The second-order valence-electron chi connectivity index (χ2n) is 6.08. The Morgan fingerprint density at radius 1 is 1.35 bits per heavy atom. The van der Waals surface area contributed by atoms with Crippen molar-refractivity contribution in [2.24, 2.45) is 17.8 Å². The molecule has 1 heterocycles. The van der Waals surface area contributed by atoms with Crippen molar-refractivity contribution in [2.45, 2.75) is 39.5 Å². The summed E-state index contributed by atoms with van der Waals surface area (Å²) < 4.78 is 5.06. The Labute approximate surface area is 121 Å². The van der Waals surface area contributed by atoms with Gasteiger partial charge in [-0.15, -0.1) is 0 Å². The summed E-state index contributed by atoms with van der Waals surface area (Å²) in [5, 5.41) is 8.87. The molecule has 1 aliphatic rings. The highest BCUT2D eigenvalue weighted by molar-refractivity contribution is 5.76. The van der Waals surface area contributed by atoms with E-state index in [9.17, 15) is 9.59 Å². The summed E-state index contributed by atoms with van der Waals surface area (Å²) in [6, 6.07) is 0. The number of aliphatic carboxylic acids is 1. The monoisotopic (exact) mass is 285 g/mol. The predicted octanol–water partition coefficient (Wildman–Crippen LogP) is 2.01. The molecule has 5 nitrogen and oxygen atoms in total. The Kier molecular flexibility index (Phi) is 6.99. The maximum atomic E-state index is 12.2. The van der Waals surface area contributed by atoms with Gasteiger partial charge >= 0.3 is 5.97 Å². The van der Waals surface area contributed by atoms with Gasteiger partial charge in [-0.05, 0) is 30.6 Å². The maximum absolute atomic E-state index is 12.2. The fraction of sp³-hybridized carbons (Fsp3) is 0.867. The van der Waals surface area contributed by atoms with E-state index in [1.807, 2.05) is 18.7 Å². The van der Waals surface area contributed by atoms with Gasteiger partial charge in [-0.3, -0.25) is 9.59 Å². The Balaban J connectivity index is 2.47. The van der Waals surface area contributed by atoms with E-state index in [2.05, 4.69) is 0 Å². The number of hydrogen-bond donors (Lipinski definition) is 1. The third-order valence-corrected chi connectivity index (χ3v) is 4.09. The van der Waals surface area contributed by atoms with Gasteiger partial charge in [0.1, 0.15) is 0 Å². The molecule has 0 saturated carbocycles. The SMILES string of the molecule is COCC(C)CC(=O)N1CCCC(C(C)CC(=O)O)C1. The summed E-state index contributed by atoms with van der Waals surface area (Å²) >= 11 is 0. The topological polar surface area (TPSA) is 66.8 Å². The van der Waals surface area contributed by atoms with Gasteiger partial charge in [0.25, 0.3) is 0 Å². The summed E-state index contributed by atoms with van der Waals surface area (Å²) in [6.07, 6.45) is 2.69. The summed E-state index contributed by atoms with van der Waals surface area (Å²) in [5.41, 5.74) is 0. The molecule has 5 heteroatoms. The molecule has 0 bridgehead atoms. The standard InChI is InChI=1S/C15H27NO4/c1-11(10-20-3)7-14(17)16-6-4-5-13(9-16)12(2)8-15(18)19/h11-13H,4-10H2,1-3H3,(H,18,19). The van der Waals surface area contributed by atoms with Crippen LogP contribution < -0.4 is 0 Å². The van der Waals surface area contributed by atoms with Crippen molar-refractivity contribution < 1.29 is 19.4 Å². The van der Waals surface area contributed by atoms with E-state index >= 15 is 0 Å². The minimum Gasteiger partial charge on any atom is -0.481 e. The van der Waals surface area contributed by atoms with Crippen LogP contribution in [-0.4, -0.2) is 48.7 Å². The van der Waals surface area contributed by atoms with Crippen LogP contribution in [0.3, 0.4) is 0 Å². The van der Waals surface area contributed by atoms with Crippen molar-refractivity contribution in [1.82, 2.24) is 4.90 Å². The first-order valence-corrected chi connectivity index (χ1v) is 7.42. The lowest BCUT2D eigenvalue weighted by atomic mass is 9.84. The number of ether oxygens (including phenoxy) is 1. The largest absolute Gasteiger partial charge is 0.481 e. The molecule has 1 rings (SSSR count). The number of carboxylic acids is 1. The van der Waals surface area contributed by atoms with E-state index in [0.717, 1.165) is 19.4 Å². The lowest BCUT2D eigenvalue weighted by Crippen LogP contribution is -2.42. The molecule has 116 valence electrons. The highest BCUT2D eigenvalue weighted by atomic mass is 16.5. The number of carbonyl (C=O) groups excluding carboxylic acids is 1. The molecule has 1 amide bonds. The zero-order chi connectivity index (χ0) is 15.1. The Morgan fingerprint density at radius 3 is 2.65 bits per heavy atom. The molecule has 1 fully saturated rings. The zero-order valence-corrected chi connectivity index (χ0v) is 12.8. The first-order chi connectivity index (χ1) is 9.43. The molecule has 3 unspecified atom stereocenters. The van der Waals surface area contributed by atoms with E-state index in [0.29, 0.717) is 25.5 Å². The molecule has 1 N–H and O–H groups in total. The number of nitrogens with zero attached hydrogens (tertiary/aromatic N) is 1. The molecule has 0 aromatic carbocycles. The Morgan fingerprint density at radius 2 is 2.05 bits per heavy atom. The van der Waals surface area contributed by atoms with Crippen LogP contribution in [0.15, 0.2) is 0 Å². The smallest absolute Gasteiger partial charge is 0.303 e. The van der Waals surface area contributed by atoms with Crippen LogP contribution in [0.2, 0.25) is 0 Å². The van der Waals surface area contributed by atoms with Gasteiger partial charge in [0, 0.05) is 39.6 Å². The average Bonchev–Trinajstić information content (AvgIpc) is 2.38. The predicted molar refractivity (Wildman–Crippen MR) is 76.4 cm³/mol. The van der Waals surface area contributed by atoms with E-state index in [-0.39, 0.29) is 24.2 Å². The van der Waals surface area contributed by atoms with Crippen molar-refractivity contribution in [3.05, 3.63) is 0 Å². The van der Waals surface area contributed by atoms with Crippen LogP contribution in [0.4, 0.5) is 0 Å². The highest BCUT2D eigenvalue weighted by Crippen LogP contribution is 2.26. The number of likely N-dealkylation sites (tertiary alicyclic amines) is 1. The lowest BCUT2D eigenvalue weighted by Gasteiger charge is -2.36. The van der Waals surface area contributed by atoms with Crippen molar-refractivity contribution in [2.75, 3.05) is 26.8 Å². The minimum atomic E-state index is -0.755. The molecule has 3 atom stereocenters.